The largest absolute Gasteiger partial charge is 0.416 e. The molecule has 178 valence electrons. The zero-order chi connectivity index (χ0) is 24.9. The van der Waals surface area contributed by atoms with Crippen LogP contribution in [0, 0.1) is 0 Å². The van der Waals surface area contributed by atoms with Gasteiger partial charge in [-0.2, -0.15) is 31.3 Å². The molecule has 1 amide bonds. The summed E-state index contributed by atoms with van der Waals surface area (Å²) in [4.78, 5) is 20.0. The summed E-state index contributed by atoms with van der Waals surface area (Å²) in [6.07, 6.45) is -8.26. The second-order valence-electron chi connectivity index (χ2n) is 6.97. The molecule has 0 fully saturated rings. The molecule has 3 aromatic rings. The number of aromatic nitrogens is 1. The van der Waals surface area contributed by atoms with Crippen molar-refractivity contribution in [3.8, 4) is 0 Å². The van der Waals surface area contributed by atoms with Crippen molar-refractivity contribution in [2.24, 2.45) is 4.99 Å². The van der Waals surface area contributed by atoms with Crippen LogP contribution in [0.3, 0.4) is 0 Å². The van der Waals surface area contributed by atoms with Gasteiger partial charge >= 0.3 is 12.4 Å². The molecule has 1 heterocycles. The Morgan fingerprint density at radius 2 is 1.62 bits per heavy atom. The first-order chi connectivity index (χ1) is 15.9. The van der Waals surface area contributed by atoms with Gasteiger partial charge in [0.1, 0.15) is 18.0 Å². The normalized spacial score (nSPS) is 12.1. The number of nitrogen functional groups attached to an aromatic ring is 1. The van der Waals surface area contributed by atoms with Crippen LogP contribution in [0.5, 0.6) is 0 Å². The topological polar surface area (TPSA) is 83.6 Å². The molecular weight excluding hydrogens is 464 g/mol. The fourth-order valence-corrected chi connectivity index (χ4v) is 2.89. The molecule has 0 spiro atoms. The van der Waals surface area contributed by atoms with E-state index in [4.69, 9.17) is 5.73 Å². The number of carbonyl (C=O) groups excluding carboxylic acids is 1. The fraction of sp³-hybridized carbons (Fsp3) is 0.136. The smallest absolute Gasteiger partial charge is 0.384 e. The molecule has 12 heteroatoms. The first-order valence-electron chi connectivity index (χ1n) is 9.60. The van der Waals surface area contributed by atoms with E-state index in [9.17, 15) is 31.1 Å². The number of rotatable bonds is 6. The van der Waals surface area contributed by atoms with E-state index in [1.54, 1.807) is 6.07 Å². The lowest BCUT2D eigenvalue weighted by Gasteiger charge is -2.23. The third-order valence-corrected chi connectivity index (χ3v) is 4.47. The Morgan fingerprint density at radius 1 is 0.941 bits per heavy atom. The Labute approximate surface area is 189 Å². The van der Waals surface area contributed by atoms with E-state index in [0.717, 1.165) is 41.7 Å². The van der Waals surface area contributed by atoms with Gasteiger partial charge in [0.15, 0.2) is 0 Å². The van der Waals surface area contributed by atoms with E-state index < -0.39 is 29.4 Å². The van der Waals surface area contributed by atoms with Crippen molar-refractivity contribution in [2.75, 3.05) is 11.2 Å². The summed E-state index contributed by atoms with van der Waals surface area (Å²) in [6.45, 7) is -0.379. The summed E-state index contributed by atoms with van der Waals surface area (Å²) in [5.41, 5.74) is 6.25. The lowest BCUT2D eigenvalue weighted by atomic mass is 10.1. The maximum atomic E-state index is 13.4. The number of hydrazine groups is 1. The Hall–Kier alpha value is -4.09. The molecule has 34 heavy (non-hydrogen) atoms. The monoisotopic (exact) mass is 481 g/mol. The van der Waals surface area contributed by atoms with Crippen LogP contribution in [-0.4, -0.2) is 22.2 Å². The molecule has 0 atom stereocenters. The summed E-state index contributed by atoms with van der Waals surface area (Å²) >= 11 is 0. The molecule has 3 rings (SSSR count). The Bertz CT molecular complexity index is 1180. The molecule has 0 aliphatic rings. The van der Waals surface area contributed by atoms with E-state index in [2.05, 4.69) is 15.4 Å². The van der Waals surface area contributed by atoms with Crippen LogP contribution in [0.4, 0.5) is 38.0 Å². The summed E-state index contributed by atoms with van der Waals surface area (Å²) < 4.78 is 78.3. The van der Waals surface area contributed by atoms with E-state index in [1.807, 2.05) is 0 Å². The highest BCUT2D eigenvalue weighted by Crippen LogP contribution is 2.32. The van der Waals surface area contributed by atoms with Gasteiger partial charge in [0.05, 0.1) is 17.7 Å². The highest BCUT2D eigenvalue weighted by Gasteiger charge is 2.33. The number of benzene rings is 2. The molecule has 0 saturated carbocycles. The van der Waals surface area contributed by atoms with Crippen molar-refractivity contribution in [1.29, 1.82) is 0 Å². The highest BCUT2D eigenvalue weighted by atomic mass is 19.4. The van der Waals surface area contributed by atoms with Gasteiger partial charge in [-0.25, -0.2) is 4.98 Å². The Kier molecular flexibility index (Phi) is 7.08. The van der Waals surface area contributed by atoms with Crippen molar-refractivity contribution < 1.29 is 31.1 Å². The highest BCUT2D eigenvalue weighted by molar-refractivity contribution is 5.98. The van der Waals surface area contributed by atoms with Gasteiger partial charge < -0.3 is 5.73 Å². The third-order valence-electron chi connectivity index (χ3n) is 4.47. The number of amides is 1. The molecule has 1 aromatic heterocycles. The number of hydrogen-bond acceptors (Lipinski definition) is 4. The standard InChI is InChI=1S/C22H17F6N5O/c23-21(24,25)16-10-8-14(9-11-16)20(34)30-13-33(32-19-7-3-6-18(29)31-19)12-15-4-1-2-5-17(15)22(26,27)28/h1-11,13H,12H2,(H3,29,31,32). The van der Waals surface area contributed by atoms with Crippen molar-refractivity contribution >= 4 is 23.9 Å². The molecule has 0 unspecified atom stereocenters. The minimum atomic E-state index is -4.62. The van der Waals surface area contributed by atoms with Gasteiger partial charge in [-0.15, -0.1) is 0 Å². The molecule has 2 aromatic carbocycles. The first kappa shape index (κ1) is 24.6. The van der Waals surface area contributed by atoms with Crippen molar-refractivity contribution in [3.05, 3.63) is 89.0 Å². The van der Waals surface area contributed by atoms with Crippen molar-refractivity contribution in [3.63, 3.8) is 0 Å². The summed E-state index contributed by atoms with van der Waals surface area (Å²) in [6, 6.07) is 12.8. The van der Waals surface area contributed by atoms with Gasteiger partial charge in [-0.3, -0.25) is 15.2 Å². The van der Waals surface area contributed by atoms with Crippen LogP contribution in [0.25, 0.3) is 0 Å². The molecule has 3 N–H and O–H groups in total. The number of nitrogens with one attached hydrogen (secondary N) is 1. The maximum Gasteiger partial charge on any atom is 0.416 e. The van der Waals surface area contributed by atoms with Crippen LogP contribution in [-0.2, 0) is 18.9 Å². The number of anilines is 2. The number of alkyl halides is 6. The van der Waals surface area contributed by atoms with E-state index in [1.165, 1.54) is 30.3 Å². The van der Waals surface area contributed by atoms with Crippen molar-refractivity contribution in [1.82, 2.24) is 9.99 Å². The predicted octanol–water partition coefficient (Wildman–Crippen LogP) is 5.40. The van der Waals surface area contributed by atoms with Crippen LogP contribution < -0.4 is 11.2 Å². The quantitative estimate of drug-likeness (QED) is 0.213. The van der Waals surface area contributed by atoms with Gasteiger partial charge in [-0.1, -0.05) is 24.3 Å². The minimum Gasteiger partial charge on any atom is -0.384 e. The lowest BCUT2D eigenvalue weighted by Crippen LogP contribution is -2.30. The SMILES string of the molecule is Nc1cccc(NN(C=NC(=O)c2ccc(C(F)(F)F)cc2)Cc2ccccc2C(F)(F)F)n1. The average Bonchev–Trinajstić information content (AvgIpc) is 2.76. The van der Waals surface area contributed by atoms with E-state index in [0.29, 0.717) is 0 Å². The molecule has 0 aliphatic carbocycles. The number of carbonyl (C=O) groups is 1. The number of aliphatic imine (C=N–C) groups is 1. The second kappa shape index (κ2) is 9.81. The molecule has 0 aliphatic heterocycles. The number of pyridine rings is 1. The molecule has 0 bridgehead atoms. The number of nitrogens with two attached hydrogens (primary N) is 1. The van der Waals surface area contributed by atoms with Crippen LogP contribution in [0.2, 0.25) is 0 Å². The molecule has 0 saturated heterocycles. The summed E-state index contributed by atoms with van der Waals surface area (Å²) in [5, 5.41) is 1.08. The van der Waals surface area contributed by atoms with E-state index >= 15 is 0 Å². The zero-order valence-corrected chi connectivity index (χ0v) is 17.2. The lowest BCUT2D eigenvalue weighted by molar-refractivity contribution is -0.138. The maximum absolute atomic E-state index is 13.4. The fourth-order valence-electron chi connectivity index (χ4n) is 2.89. The first-order valence-corrected chi connectivity index (χ1v) is 9.60. The predicted molar refractivity (Wildman–Crippen MR) is 114 cm³/mol. The molecule has 0 radical (unpaired) electrons. The summed E-state index contributed by atoms with van der Waals surface area (Å²) in [5.74, 6) is -0.596. The molecular formula is C22H17F6N5O. The molecule has 6 nitrogen and oxygen atoms in total. The van der Waals surface area contributed by atoms with Crippen molar-refractivity contribution in [2.45, 2.75) is 18.9 Å². The zero-order valence-electron chi connectivity index (χ0n) is 17.2. The Balaban J connectivity index is 1.87. The summed E-state index contributed by atoms with van der Waals surface area (Å²) in [7, 11) is 0. The van der Waals surface area contributed by atoms with Gasteiger partial charge in [-0.05, 0) is 48.0 Å². The van der Waals surface area contributed by atoms with Gasteiger partial charge in [0.2, 0.25) is 0 Å². The average molecular weight is 481 g/mol. The van der Waals surface area contributed by atoms with E-state index in [-0.39, 0.29) is 29.3 Å². The third kappa shape index (κ3) is 6.47. The number of halogens is 6. The minimum absolute atomic E-state index is 0.125. The number of hydrogen-bond donors (Lipinski definition) is 2. The second-order valence-corrected chi connectivity index (χ2v) is 6.97. The Morgan fingerprint density at radius 3 is 2.24 bits per heavy atom. The van der Waals surface area contributed by atoms with Crippen LogP contribution in [0.15, 0.2) is 71.7 Å². The number of nitrogens with zero attached hydrogens (tertiary/aromatic N) is 3. The van der Waals surface area contributed by atoms with Gasteiger partial charge in [0, 0.05) is 5.56 Å². The van der Waals surface area contributed by atoms with Crippen LogP contribution >= 0.6 is 0 Å². The van der Waals surface area contributed by atoms with Crippen LogP contribution in [0.1, 0.15) is 27.0 Å². The van der Waals surface area contributed by atoms with Gasteiger partial charge in [0.25, 0.3) is 5.91 Å².